The molecule has 4 unspecified atom stereocenters. The van der Waals surface area contributed by atoms with Crippen LogP contribution in [-0.4, -0.2) is 17.8 Å². The van der Waals surface area contributed by atoms with E-state index in [9.17, 15) is 5.11 Å². The van der Waals surface area contributed by atoms with Gasteiger partial charge in [-0.2, -0.15) is 0 Å². The molecule has 19 heavy (non-hydrogen) atoms. The Bertz CT molecular complexity index is 433. The Kier molecular flexibility index (Phi) is 3.64. The molecule has 2 aliphatic rings. The second-order valence-electron chi connectivity index (χ2n) is 6.38. The van der Waals surface area contributed by atoms with E-state index in [1.165, 1.54) is 36.8 Å². The quantitative estimate of drug-likeness (QED) is 0.873. The zero-order chi connectivity index (χ0) is 13.4. The highest BCUT2D eigenvalue weighted by Gasteiger charge is 2.55. The van der Waals surface area contributed by atoms with Gasteiger partial charge in [0.15, 0.2) is 0 Å². The van der Waals surface area contributed by atoms with Crippen LogP contribution in [0.5, 0.6) is 0 Å². The van der Waals surface area contributed by atoms with Gasteiger partial charge in [0.05, 0.1) is 6.10 Å². The number of aryl methyl sites for hydroxylation is 1. The van der Waals surface area contributed by atoms with Gasteiger partial charge in [-0.1, -0.05) is 37.1 Å². The Morgan fingerprint density at radius 3 is 2.42 bits per heavy atom. The van der Waals surface area contributed by atoms with Crippen LogP contribution in [0.3, 0.4) is 0 Å². The van der Waals surface area contributed by atoms with Crippen LogP contribution in [0, 0.1) is 24.7 Å². The van der Waals surface area contributed by atoms with Crippen molar-refractivity contribution in [3.63, 3.8) is 0 Å². The topological polar surface area (TPSA) is 46.2 Å². The number of fused-ring (bicyclic) bond motifs is 1. The van der Waals surface area contributed by atoms with Gasteiger partial charge in [0.1, 0.15) is 0 Å². The van der Waals surface area contributed by atoms with Crippen LogP contribution in [0.4, 0.5) is 0 Å². The number of hydrogen-bond donors (Lipinski definition) is 2. The van der Waals surface area contributed by atoms with Crippen LogP contribution in [0.1, 0.15) is 42.7 Å². The fourth-order valence-corrected chi connectivity index (χ4v) is 4.28. The van der Waals surface area contributed by atoms with E-state index in [4.69, 9.17) is 5.73 Å². The SMILES string of the molecule is Cc1ccccc1C(CN)C(O)C1C2CCCCC21. The van der Waals surface area contributed by atoms with Crippen LogP contribution in [0.25, 0.3) is 0 Å². The van der Waals surface area contributed by atoms with Gasteiger partial charge in [0.25, 0.3) is 0 Å². The first-order valence-electron chi connectivity index (χ1n) is 7.67. The minimum absolute atomic E-state index is 0.108. The molecule has 0 heterocycles. The average Bonchev–Trinajstić information content (AvgIpc) is 3.16. The molecular formula is C17H25NO. The summed E-state index contributed by atoms with van der Waals surface area (Å²) < 4.78 is 0. The second kappa shape index (κ2) is 5.26. The Balaban J connectivity index is 1.77. The number of benzene rings is 1. The first-order valence-corrected chi connectivity index (χ1v) is 7.67. The Labute approximate surface area is 116 Å². The number of hydrogen-bond acceptors (Lipinski definition) is 2. The summed E-state index contributed by atoms with van der Waals surface area (Å²) in [6.45, 7) is 2.66. The molecule has 2 nitrogen and oxygen atoms in total. The van der Waals surface area contributed by atoms with E-state index in [0.29, 0.717) is 12.5 Å². The molecule has 2 aliphatic carbocycles. The van der Waals surface area contributed by atoms with Crippen LogP contribution in [-0.2, 0) is 0 Å². The molecular weight excluding hydrogens is 234 g/mol. The number of aliphatic hydroxyl groups is 1. The molecule has 0 radical (unpaired) electrons. The summed E-state index contributed by atoms with van der Waals surface area (Å²) in [5, 5.41) is 10.8. The molecule has 0 bridgehead atoms. The minimum Gasteiger partial charge on any atom is -0.392 e. The van der Waals surface area contributed by atoms with E-state index >= 15 is 0 Å². The van der Waals surface area contributed by atoms with Gasteiger partial charge in [-0.3, -0.25) is 0 Å². The zero-order valence-electron chi connectivity index (χ0n) is 11.8. The third kappa shape index (κ3) is 2.32. The fraction of sp³-hybridized carbons (Fsp3) is 0.647. The molecule has 104 valence electrons. The normalized spacial score (nSPS) is 32.5. The average molecular weight is 259 g/mol. The van der Waals surface area contributed by atoms with Crippen molar-refractivity contribution in [3.8, 4) is 0 Å². The molecule has 0 aromatic heterocycles. The molecule has 2 heteroatoms. The monoisotopic (exact) mass is 259 g/mol. The van der Waals surface area contributed by atoms with Crippen LogP contribution in [0.15, 0.2) is 24.3 Å². The maximum atomic E-state index is 10.8. The predicted octanol–water partition coefficient (Wildman–Crippen LogP) is 2.83. The second-order valence-corrected chi connectivity index (χ2v) is 6.38. The van der Waals surface area contributed by atoms with Crippen LogP contribution < -0.4 is 5.73 Å². The first-order chi connectivity index (χ1) is 9.24. The highest BCUT2D eigenvalue weighted by atomic mass is 16.3. The number of nitrogens with two attached hydrogens (primary N) is 1. The van der Waals surface area contributed by atoms with E-state index < -0.39 is 0 Å². The predicted molar refractivity (Wildman–Crippen MR) is 77.9 cm³/mol. The van der Waals surface area contributed by atoms with E-state index in [1.54, 1.807) is 0 Å². The van der Waals surface area contributed by atoms with Gasteiger partial charge in [0.2, 0.25) is 0 Å². The molecule has 3 N–H and O–H groups in total. The van der Waals surface area contributed by atoms with E-state index in [2.05, 4.69) is 31.2 Å². The zero-order valence-corrected chi connectivity index (χ0v) is 11.8. The van der Waals surface area contributed by atoms with Crippen molar-refractivity contribution in [2.75, 3.05) is 6.54 Å². The smallest absolute Gasteiger partial charge is 0.0654 e. The fourth-order valence-electron chi connectivity index (χ4n) is 4.28. The van der Waals surface area contributed by atoms with Crippen molar-refractivity contribution < 1.29 is 5.11 Å². The Hall–Kier alpha value is -0.860. The van der Waals surface area contributed by atoms with E-state index in [-0.39, 0.29) is 12.0 Å². The Morgan fingerprint density at radius 1 is 1.21 bits per heavy atom. The van der Waals surface area contributed by atoms with Crippen molar-refractivity contribution >= 4 is 0 Å². The lowest BCUT2D eigenvalue weighted by Gasteiger charge is -2.24. The van der Waals surface area contributed by atoms with Gasteiger partial charge >= 0.3 is 0 Å². The van der Waals surface area contributed by atoms with Gasteiger partial charge in [0, 0.05) is 12.5 Å². The summed E-state index contributed by atoms with van der Waals surface area (Å²) in [6.07, 6.45) is 5.08. The highest BCUT2D eigenvalue weighted by molar-refractivity contribution is 5.31. The summed E-state index contributed by atoms with van der Waals surface area (Å²) in [5.41, 5.74) is 8.46. The lowest BCUT2D eigenvalue weighted by atomic mass is 9.87. The molecule has 1 aromatic rings. The standard InChI is InChI=1S/C17H25NO/c1-11-6-2-3-7-12(11)15(10-18)17(19)16-13-8-4-5-9-14(13)16/h2-3,6-7,13-17,19H,4-5,8-10,18H2,1H3. The van der Waals surface area contributed by atoms with Gasteiger partial charge in [-0.15, -0.1) is 0 Å². The molecule has 1 aromatic carbocycles. The summed E-state index contributed by atoms with van der Waals surface area (Å²) in [6, 6.07) is 8.35. The van der Waals surface area contributed by atoms with Gasteiger partial charge < -0.3 is 10.8 Å². The molecule has 0 amide bonds. The van der Waals surface area contributed by atoms with E-state index in [1.807, 2.05) is 0 Å². The number of rotatable bonds is 4. The lowest BCUT2D eigenvalue weighted by Crippen LogP contribution is -2.29. The molecule has 2 fully saturated rings. The van der Waals surface area contributed by atoms with Crippen molar-refractivity contribution in [1.82, 2.24) is 0 Å². The lowest BCUT2D eigenvalue weighted by molar-refractivity contribution is 0.112. The Morgan fingerprint density at radius 2 is 1.84 bits per heavy atom. The maximum Gasteiger partial charge on any atom is 0.0654 e. The summed E-state index contributed by atoms with van der Waals surface area (Å²) in [7, 11) is 0. The number of aliphatic hydroxyl groups excluding tert-OH is 1. The largest absolute Gasteiger partial charge is 0.392 e. The van der Waals surface area contributed by atoms with Gasteiger partial charge in [-0.05, 0) is 48.6 Å². The maximum absolute atomic E-state index is 10.8. The summed E-state index contributed by atoms with van der Waals surface area (Å²) >= 11 is 0. The van der Waals surface area contributed by atoms with Crippen LogP contribution >= 0.6 is 0 Å². The van der Waals surface area contributed by atoms with Crippen molar-refractivity contribution in [1.29, 1.82) is 0 Å². The van der Waals surface area contributed by atoms with Crippen molar-refractivity contribution in [2.45, 2.75) is 44.6 Å². The minimum atomic E-state index is -0.251. The molecule has 0 aliphatic heterocycles. The van der Waals surface area contributed by atoms with Gasteiger partial charge in [-0.25, -0.2) is 0 Å². The summed E-state index contributed by atoms with van der Waals surface area (Å²) in [5.74, 6) is 2.18. The molecule has 4 atom stereocenters. The molecule has 2 saturated carbocycles. The summed E-state index contributed by atoms with van der Waals surface area (Å²) in [4.78, 5) is 0. The van der Waals surface area contributed by atoms with Crippen molar-refractivity contribution in [3.05, 3.63) is 35.4 Å². The third-order valence-corrected chi connectivity index (χ3v) is 5.37. The van der Waals surface area contributed by atoms with Crippen molar-refractivity contribution in [2.24, 2.45) is 23.5 Å². The highest BCUT2D eigenvalue weighted by Crippen LogP contribution is 2.58. The van der Waals surface area contributed by atoms with Crippen LogP contribution in [0.2, 0.25) is 0 Å². The third-order valence-electron chi connectivity index (χ3n) is 5.37. The molecule has 0 spiro atoms. The first kappa shape index (κ1) is 13.1. The van der Waals surface area contributed by atoms with E-state index in [0.717, 1.165) is 11.8 Å². The molecule has 0 saturated heterocycles. The molecule has 3 rings (SSSR count).